The molecule has 5 rings (SSSR count). The maximum Gasteiger partial charge on any atom is 0.221 e. The van der Waals surface area contributed by atoms with E-state index in [1.165, 1.54) is 0 Å². The number of benzene rings is 1. The van der Waals surface area contributed by atoms with Crippen LogP contribution >= 0.6 is 11.6 Å². The van der Waals surface area contributed by atoms with Crippen molar-refractivity contribution in [1.29, 1.82) is 0 Å². The van der Waals surface area contributed by atoms with E-state index in [0.29, 0.717) is 29.3 Å². The maximum absolute atomic E-state index is 14.2. The molecule has 3 aromatic rings. The van der Waals surface area contributed by atoms with Crippen LogP contribution < -0.4 is 4.90 Å². The molecule has 1 atom stereocenters. The highest BCUT2D eigenvalue weighted by atomic mass is 35.5. The van der Waals surface area contributed by atoms with Gasteiger partial charge in [-0.15, -0.1) is 20.4 Å². The Morgan fingerprint density at radius 3 is 2.68 bits per heavy atom. The fourth-order valence-electron chi connectivity index (χ4n) is 3.73. The molecule has 1 aromatic carbocycles. The summed E-state index contributed by atoms with van der Waals surface area (Å²) in [5, 5.41) is 16.8. The first-order valence-corrected chi connectivity index (χ1v) is 9.88. The predicted molar refractivity (Wildman–Crippen MR) is 102 cm³/mol. The van der Waals surface area contributed by atoms with Crippen LogP contribution in [0.1, 0.15) is 54.0 Å². The fourth-order valence-corrected chi connectivity index (χ4v) is 3.83. The van der Waals surface area contributed by atoms with E-state index < -0.39 is 0 Å². The molecule has 0 spiro atoms. The lowest BCUT2D eigenvalue weighted by Crippen LogP contribution is -2.20. The molecule has 0 radical (unpaired) electrons. The highest BCUT2D eigenvalue weighted by Crippen LogP contribution is 2.41. The lowest BCUT2D eigenvalue weighted by Gasteiger charge is -2.15. The number of hydrogen-bond acceptors (Lipinski definition) is 6. The molecule has 2 aromatic heterocycles. The van der Waals surface area contributed by atoms with Crippen LogP contribution in [0.2, 0.25) is 5.15 Å². The highest BCUT2D eigenvalue weighted by Gasteiger charge is 2.29. The van der Waals surface area contributed by atoms with Crippen LogP contribution in [0, 0.1) is 5.82 Å². The standard InChI is InChI=1S/C20H19ClFN5O/c21-17-5-6-18(24-23-17)27-8-7-14(11-27)20-26-25-19(28-20)10-12-1-4-15(13-2-3-13)16(22)9-12/h1,4-6,9,13-14H,2-3,7-8,10-11H2. The second-order valence-electron chi connectivity index (χ2n) is 7.49. The van der Waals surface area contributed by atoms with Crippen molar-refractivity contribution in [3.63, 3.8) is 0 Å². The van der Waals surface area contributed by atoms with Gasteiger partial charge in [-0.25, -0.2) is 4.39 Å². The molecule has 6 nitrogen and oxygen atoms in total. The zero-order chi connectivity index (χ0) is 19.1. The molecular weight excluding hydrogens is 381 g/mol. The van der Waals surface area contributed by atoms with Gasteiger partial charge >= 0.3 is 0 Å². The zero-order valence-electron chi connectivity index (χ0n) is 15.2. The molecule has 2 fully saturated rings. The van der Waals surface area contributed by atoms with Crippen LogP contribution in [0.4, 0.5) is 10.2 Å². The van der Waals surface area contributed by atoms with Gasteiger partial charge in [-0.3, -0.25) is 0 Å². The van der Waals surface area contributed by atoms with E-state index in [9.17, 15) is 4.39 Å². The Labute approximate surface area is 166 Å². The summed E-state index contributed by atoms with van der Waals surface area (Å²) in [7, 11) is 0. The first-order valence-electron chi connectivity index (χ1n) is 9.50. The van der Waals surface area contributed by atoms with E-state index in [1.807, 2.05) is 18.2 Å². The summed E-state index contributed by atoms with van der Waals surface area (Å²) in [5.74, 6) is 2.34. The monoisotopic (exact) mass is 399 g/mol. The highest BCUT2D eigenvalue weighted by molar-refractivity contribution is 6.29. The molecular formula is C20H19ClFN5O. The molecule has 0 amide bonds. The third-order valence-electron chi connectivity index (χ3n) is 5.40. The van der Waals surface area contributed by atoms with Gasteiger partial charge in [0.05, 0.1) is 12.3 Å². The van der Waals surface area contributed by atoms with Crippen LogP contribution in [-0.4, -0.2) is 33.5 Å². The second kappa shape index (κ2) is 7.13. The molecule has 144 valence electrons. The van der Waals surface area contributed by atoms with E-state index >= 15 is 0 Å². The van der Waals surface area contributed by atoms with E-state index in [0.717, 1.165) is 49.3 Å². The van der Waals surface area contributed by atoms with Gasteiger partial charge in [-0.2, -0.15) is 0 Å². The largest absolute Gasteiger partial charge is 0.425 e. The lowest BCUT2D eigenvalue weighted by molar-refractivity contribution is 0.430. The number of hydrogen-bond donors (Lipinski definition) is 0. The summed E-state index contributed by atoms with van der Waals surface area (Å²) in [4.78, 5) is 2.13. The first-order chi connectivity index (χ1) is 13.7. The normalized spacial score (nSPS) is 19.4. The molecule has 0 bridgehead atoms. The van der Waals surface area contributed by atoms with Gasteiger partial charge in [-0.05, 0) is 54.5 Å². The molecule has 28 heavy (non-hydrogen) atoms. The summed E-state index contributed by atoms with van der Waals surface area (Å²) < 4.78 is 20.1. The molecule has 3 heterocycles. The van der Waals surface area contributed by atoms with Crippen LogP contribution in [0.5, 0.6) is 0 Å². The third-order valence-corrected chi connectivity index (χ3v) is 5.60. The van der Waals surface area contributed by atoms with E-state index in [4.69, 9.17) is 16.0 Å². The van der Waals surface area contributed by atoms with Crippen molar-refractivity contribution in [3.8, 4) is 0 Å². The van der Waals surface area contributed by atoms with Crippen molar-refractivity contribution in [2.45, 2.75) is 37.5 Å². The molecule has 8 heteroatoms. The van der Waals surface area contributed by atoms with Gasteiger partial charge < -0.3 is 9.32 Å². The molecule has 1 saturated heterocycles. The predicted octanol–water partition coefficient (Wildman–Crippen LogP) is 4.11. The molecule has 1 unspecified atom stereocenters. The molecule has 2 aliphatic rings. The molecule has 0 N–H and O–H groups in total. The van der Waals surface area contributed by atoms with Gasteiger partial charge in [0, 0.05) is 13.1 Å². The summed E-state index contributed by atoms with van der Waals surface area (Å²) in [6.07, 6.45) is 3.51. The number of halogens is 2. The topological polar surface area (TPSA) is 67.9 Å². The van der Waals surface area contributed by atoms with Gasteiger partial charge in [0.1, 0.15) is 5.82 Å². The minimum atomic E-state index is -0.129. The van der Waals surface area contributed by atoms with E-state index in [1.54, 1.807) is 12.1 Å². The number of anilines is 1. The zero-order valence-corrected chi connectivity index (χ0v) is 15.9. The molecule has 1 aliphatic carbocycles. The Hall–Kier alpha value is -2.54. The van der Waals surface area contributed by atoms with Crippen molar-refractivity contribution in [2.24, 2.45) is 0 Å². The van der Waals surface area contributed by atoms with Crippen LogP contribution in [0.15, 0.2) is 34.7 Å². The molecule has 1 saturated carbocycles. The Kier molecular flexibility index (Phi) is 4.47. The van der Waals surface area contributed by atoms with Crippen LogP contribution in [0.3, 0.4) is 0 Å². The summed E-state index contributed by atoms with van der Waals surface area (Å²) in [6.45, 7) is 1.58. The SMILES string of the molecule is Fc1cc(Cc2nnc(C3CCN(c4ccc(Cl)nn4)C3)o2)ccc1C1CC1. The van der Waals surface area contributed by atoms with Crippen LogP contribution in [-0.2, 0) is 6.42 Å². The van der Waals surface area contributed by atoms with Gasteiger partial charge in [0.2, 0.25) is 11.8 Å². The Balaban J connectivity index is 1.25. The second-order valence-corrected chi connectivity index (χ2v) is 7.87. The Bertz CT molecular complexity index is 989. The molecule has 1 aliphatic heterocycles. The van der Waals surface area contributed by atoms with Crippen molar-refractivity contribution in [3.05, 3.63) is 64.2 Å². The van der Waals surface area contributed by atoms with E-state index in [2.05, 4.69) is 25.3 Å². The minimum absolute atomic E-state index is 0.129. The number of aromatic nitrogens is 4. The third kappa shape index (κ3) is 3.58. The number of rotatable bonds is 5. The quantitative estimate of drug-likeness (QED) is 0.643. The fraction of sp³-hybridized carbons (Fsp3) is 0.400. The van der Waals surface area contributed by atoms with Crippen molar-refractivity contribution >= 4 is 17.4 Å². The summed E-state index contributed by atoms with van der Waals surface area (Å²) >= 11 is 5.80. The van der Waals surface area contributed by atoms with Crippen molar-refractivity contribution in [2.75, 3.05) is 18.0 Å². The summed E-state index contributed by atoms with van der Waals surface area (Å²) in [6, 6.07) is 9.03. The maximum atomic E-state index is 14.2. The van der Waals surface area contributed by atoms with Gasteiger partial charge in [-0.1, -0.05) is 23.7 Å². The van der Waals surface area contributed by atoms with Crippen LogP contribution in [0.25, 0.3) is 0 Å². The number of nitrogens with zero attached hydrogens (tertiary/aromatic N) is 5. The first kappa shape index (κ1) is 17.6. The smallest absolute Gasteiger partial charge is 0.221 e. The average Bonchev–Trinajstić information content (AvgIpc) is 3.22. The Morgan fingerprint density at radius 1 is 1.04 bits per heavy atom. The van der Waals surface area contributed by atoms with Gasteiger partial charge in [0.25, 0.3) is 0 Å². The van der Waals surface area contributed by atoms with E-state index in [-0.39, 0.29) is 11.7 Å². The average molecular weight is 400 g/mol. The minimum Gasteiger partial charge on any atom is -0.425 e. The Morgan fingerprint density at radius 2 is 1.93 bits per heavy atom. The summed E-state index contributed by atoms with van der Waals surface area (Å²) in [5.41, 5.74) is 1.67. The van der Waals surface area contributed by atoms with Crippen molar-refractivity contribution in [1.82, 2.24) is 20.4 Å². The lowest BCUT2D eigenvalue weighted by atomic mass is 10.1. The van der Waals surface area contributed by atoms with Gasteiger partial charge in [0.15, 0.2) is 11.0 Å². The van der Waals surface area contributed by atoms with Crippen molar-refractivity contribution < 1.29 is 8.81 Å².